The molecule has 0 N–H and O–H groups in total. The van der Waals surface area contributed by atoms with Gasteiger partial charge in [0.05, 0.1) is 16.7 Å². The van der Waals surface area contributed by atoms with Crippen molar-refractivity contribution in [3.8, 4) is 5.69 Å². The van der Waals surface area contributed by atoms with E-state index in [1.54, 1.807) is 16.5 Å². The standard InChI is InChI=1S/C20H16N2O2/c1-2-16-18-13-12-14-8-6-7-11-17(14)22(18)20(24)21(19(16)23)15-9-4-3-5-10-15/h3-13H,2H2,1H3. The van der Waals surface area contributed by atoms with E-state index < -0.39 is 0 Å². The highest BCUT2D eigenvalue weighted by Crippen LogP contribution is 2.17. The lowest BCUT2D eigenvalue weighted by Gasteiger charge is -2.13. The second-order valence-corrected chi connectivity index (χ2v) is 5.70. The summed E-state index contributed by atoms with van der Waals surface area (Å²) < 4.78 is 2.90. The van der Waals surface area contributed by atoms with Crippen LogP contribution in [0.2, 0.25) is 0 Å². The molecule has 4 aromatic rings. The number of para-hydroxylation sites is 2. The van der Waals surface area contributed by atoms with E-state index >= 15 is 0 Å². The SMILES string of the molecule is CCc1c(=O)n(-c2ccccc2)c(=O)n2c1ccc1ccccc12. The summed E-state index contributed by atoms with van der Waals surface area (Å²) >= 11 is 0. The number of rotatable bonds is 2. The molecule has 2 aromatic heterocycles. The molecule has 0 saturated heterocycles. The predicted molar refractivity (Wildman–Crippen MR) is 96.1 cm³/mol. The zero-order chi connectivity index (χ0) is 16.7. The van der Waals surface area contributed by atoms with Crippen LogP contribution in [0.15, 0.2) is 76.3 Å². The summed E-state index contributed by atoms with van der Waals surface area (Å²) in [6.45, 7) is 1.94. The molecule has 0 unspecified atom stereocenters. The van der Waals surface area contributed by atoms with Crippen LogP contribution < -0.4 is 11.2 Å². The molecule has 2 aromatic carbocycles. The van der Waals surface area contributed by atoms with Crippen LogP contribution in [0.1, 0.15) is 12.5 Å². The quantitative estimate of drug-likeness (QED) is 0.533. The first-order valence-electron chi connectivity index (χ1n) is 7.96. The topological polar surface area (TPSA) is 43.5 Å². The monoisotopic (exact) mass is 316 g/mol. The van der Waals surface area contributed by atoms with E-state index in [0.717, 1.165) is 10.9 Å². The highest BCUT2D eigenvalue weighted by atomic mass is 16.2. The summed E-state index contributed by atoms with van der Waals surface area (Å²) in [5, 5.41) is 0.965. The molecule has 0 aliphatic rings. The van der Waals surface area contributed by atoms with Gasteiger partial charge in [0.2, 0.25) is 0 Å². The van der Waals surface area contributed by atoms with E-state index in [9.17, 15) is 9.59 Å². The summed E-state index contributed by atoms with van der Waals surface area (Å²) in [5.41, 5.74) is 2.13. The van der Waals surface area contributed by atoms with Crippen molar-refractivity contribution in [2.75, 3.05) is 0 Å². The van der Waals surface area contributed by atoms with Gasteiger partial charge in [-0.15, -0.1) is 0 Å². The maximum atomic E-state index is 13.2. The Hall–Kier alpha value is -3.14. The van der Waals surface area contributed by atoms with Gasteiger partial charge >= 0.3 is 5.69 Å². The third-order valence-corrected chi connectivity index (χ3v) is 4.36. The molecule has 0 spiro atoms. The van der Waals surface area contributed by atoms with Crippen LogP contribution in [0.3, 0.4) is 0 Å². The molecular weight excluding hydrogens is 300 g/mol. The molecule has 0 radical (unpaired) electrons. The molecular formula is C20H16N2O2. The van der Waals surface area contributed by atoms with E-state index in [-0.39, 0.29) is 11.2 Å². The zero-order valence-corrected chi connectivity index (χ0v) is 13.3. The van der Waals surface area contributed by atoms with Crippen LogP contribution in [-0.2, 0) is 6.42 Å². The number of benzene rings is 2. The fraction of sp³-hybridized carbons (Fsp3) is 0.100. The Labute approximate surface area is 138 Å². The van der Waals surface area contributed by atoms with Gasteiger partial charge in [-0.05, 0) is 36.1 Å². The molecule has 0 bridgehead atoms. The van der Waals surface area contributed by atoms with Crippen LogP contribution in [0, 0.1) is 0 Å². The second-order valence-electron chi connectivity index (χ2n) is 5.70. The number of hydrogen-bond acceptors (Lipinski definition) is 2. The average Bonchev–Trinajstić information content (AvgIpc) is 2.62. The fourth-order valence-electron chi connectivity index (χ4n) is 3.22. The van der Waals surface area contributed by atoms with Gasteiger partial charge in [-0.3, -0.25) is 9.20 Å². The first kappa shape index (κ1) is 14.5. The van der Waals surface area contributed by atoms with E-state index in [0.29, 0.717) is 23.2 Å². The van der Waals surface area contributed by atoms with E-state index in [4.69, 9.17) is 0 Å². The smallest absolute Gasteiger partial charge is 0.268 e. The van der Waals surface area contributed by atoms with Gasteiger partial charge in [0.15, 0.2) is 0 Å². The van der Waals surface area contributed by atoms with E-state index in [2.05, 4.69) is 0 Å². The number of pyridine rings is 1. The summed E-state index contributed by atoms with van der Waals surface area (Å²) in [6, 6.07) is 20.6. The molecule has 0 aliphatic heterocycles. The molecule has 2 heterocycles. The molecule has 4 rings (SSSR count). The third kappa shape index (κ3) is 2.00. The Bertz CT molecular complexity index is 1170. The van der Waals surface area contributed by atoms with Crippen molar-refractivity contribution in [2.24, 2.45) is 0 Å². The van der Waals surface area contributed by atoms with Crippen LogP contribution in [0.5, 0.6) is 0 Å². The average molecular weight is 316 g/mol. The number of fused-ring (bicyclic) bond motifs is 3. The minimum atomic E-state index is -0.338. The van der Waals surface area contributed by atoms with E-state index in [1.165, 1.54) is 4.57 Å². The minimum absolute atomic E-state index is 0.246. The minimum Gasteiger partial charge on any atom is -0.268 e. The molecule has 118 valence electrons. The van der Waals surface area contributed by atoms with Crippen molar-refractivity contribution in [1.82, 2.24) is 8.97 Å². The molecule has 0 saturated carbocycles. The Morgan fingerprint density at radius 1 is 0.792 bits per heavy atom. The normalized spacial score (nSPS) is 11.2. The van der Waals surface area contributed by atoms with Crippen LogP contribution >= 0.6 is 0 Å². The van der Waals surface area contributed by atoms with Crippen molar-refractivity contribution in [2.45, 2.75) is 13.3 Å². The fourth-order valence-corrected chi connectivity index (χ4v) is 3.22. The highest BCUT2D eigenvalue weighted by Gasteiger charge is 2.15. The Morgan fingerprint density at radius 3 is 2.25 bits per heavy atom. The summed E-state index contributed by atoms with van der Waals surface area (Å²) in [7, 11) is 0. The van der Waals surface area contributed by atoms with Crippen LogP contribution in [0.25, 0.3) is 22.1 Å². The Balaban J connectivity index is 2.29. The summed E-state index contributed by atoms with van der Waals surface area (Å²) in [6.07, 6.45) is 0.563. The second kappa shape index (κ2) is 5.49. The van der Waals surface area contributed by atoms with Crippen molar-refractivity contribution in [3.05, 3.63) is 93.1 Å². The van der Waals surface area contributed by atoms with Crippen molar-refractivity contribution in [3.63, 3.8) is 0 Å². The number of nitrogens with zero attached hydrogens (tertiary/aromatic N) is 2. The van der Waals surface area contributed by atoms with Gasteiger partial charge in [0.25, 0.3) is 5.56 Å². The molecule has 0 amide bonds. The lowest BCUT2D eigenvalue weighted by molar-refractivity contribution is 0.832. The Kier molecular flexibility index (Phi) is 3.31. The van der Waals surface area contributed by atoms with Crippen molar-refractivity contribution in [1.29, 1.82) is 0 Å². The highest BCUT2D eigenvalue weighted by molar-refractivity contribution is 5.83. The lowest BCUT2D eigenvalue weighted by atomic mass is 10.1. The van der Waals surface area contributed by atoms with Gasteiger partial charge < -0.3 is 0 Å². The predicted octanol–water partition coefficient (Wildman–Crippen LogP) is 3.17. The van der Waals surface area contributed by atoms with Gasteiger partial charge in [-0.2, -0.15) is 0 Å². The molecule has 0 aliphatic carbocycles. The van der Waals surface area contributed by atoms with Crippen molar-refractivity contribution >= 4 is 16.4 Å². The molecule has 0 fully saturated rings. The van der Waals surface area contributed by atoms with Gasteiger partial charge in [-0.25, -0.2) is 9.36 Å². The maximum absolute atomic E-state index is 13.2. The van der Waals surface area contributed by atoms with Gasteiger partial charge in [0.1, 0.15) is 0 Å². The number of aromatic nitrogens is 2. The molecule has 4 nitrogen and oxygen atoms in total. The molecule has 4 heteroatoms. The van der Waals surface area contributed by atoms with Gasteiger partial charge in [0, 0.05) is 5.56 Å². The first-order valence-corrected chi connectivity index (χ1v) is 7.96. The maximum Gasteiger partial charge on any atom is 0.340 e. The van der Waals surface area contributed by atoms with Crippen molar-refractivity contribution < 1.29 is 0 Å². The lowest BCUT2D eigenvalue weighted by Crippen LogP contribution is -2.38. The zero-order valence-electron chi connectivity index (χ0n) is 13.3. The Morgan fingerprint density at radius 2 is 1.50 bits per heavy atom. The van der Waals surface area contributed by atoms with Gasteiger partial charge in [-0.1, -0.05) is 49.4 Å². The third-order valence-electron chi connectivity index (χ3n) is 4.36. The van der Waals surface area contributed by atoms with E-state index in [1.807, 2.05) is 61.5 Å². The molecule has 0 atom stereocenters. The number of aryl methyl sites for hydroxylation is 1. The summed E-state index contributed by atoms with van der Waals surface area (Å²) in [5.74, 6) is 0. The summed E-state index contributed by atoms with van der Waals surface area (Å²) in [4.78, 5) is 26.1. The molecule has 24 heavy (non-hydrogen) atoms. The largest absolute Gasteiger partial charge is 0.340 e. The van der Waals surface area contributed by atoms with Crippen LogP contribution in [-0.4, -0.2) is 8.97 Å². The van der Waals surface area contributed by atoms with Crippen LogP contribution in [0.4, 0.5) is 0 Å². The first-order chi connectivity index (χ1) is 11.7. The number of hydrogen-bond donors (Lipinski definition) is 0.